The molecule has 1 aromatic carbocycles. The van der Waals surface area contributed by atoms with E-state index >= 15 is 0 Å². The number of halogens is 1. The Balaban J connectivity index is 3.33. The smallest absolute Gasteiger partial charge is 0.258 e. The van der Waals surface area contributed by atoms with Crippen molar-refractivity contribution in [3.8, 4) is 6.07 Å². The highest BCUT2D eigenvalue weighted by Crippen LogP contribution is 2.27. The Hall–Kier alpha value is -1.69. The molecule has 0 aromatic heterocycles. The van der Waals surface area contributed by atoms with Crippen molar-refractivity contribution in [2.45, 2.75) is 30.7 Å². The van der Waals surface area contributed by atoms with Crippen molar-refractivity contribution in [2.75, 3.05) is 0 Å². The zero-order valence-electron chi connectivity index (χ0n) is 10.8. The summed E-state index contributed by atoms with van der Waals surface area (Å²) in [5, 5.41) is 19.5. The summed E-state index contributed by atoms with van der Waals surface area (Å²) in [7, 11) is -4.14. The molecule has 1 unspecified atom stereocenters. The fourth-order valence-corrected chi connectivity index (χ4v) is 3.25. The number of hydrogen-bond donors (Lipinski definition) is 1. The van der Waals surface area contributed by atoms with Crippen LogP contribution in [0.3, 0.4) is 0 Å². The first-order valence-electron chi connectivity index (χ1n) is 5.54. The largest absolute Gasteiger partial charge is 0.270 e. The third-order valence-electron chi connectivity index (χ3n) is 2.73. The second-order valence-corrected chi connectivity index (χ2v) is 6.33. The van der Waals surface area contributed by atoms with Gasteiger partial charge in [0.1, 0.15) is 10.4 Å². The Labute approximate surface area is 121 Å². The molecule has 0 saturated carbocycles. The first-order valence-corrected chi connectivity index (χ1v) is 7.40. The second kappa shape index (κ2) is 5.75. The summed E-state index contributed by atoms with van der Waals surface area (Å²) in [6.07, 6.45) is 0.231. The van der Waals surface area contributed by atoms with Crippen LogP contribution in [0, 0.1) is 21.4 Å². The molecule has 0 amide bonds. The fourth-order valence-electron chi connectivity index (χ4n) is 1.34. The maximum atomic E-state index is 12.2. The molecule has 0 fully saturated rings. The number of nitrogens with zero attached hydrogens (tertiary/aromatic N) is 2. The lowest BCUT2D eigenvalue weighted by molar-refractivity contribution is -0.385. The number of nitro groups is 1. The van der Waals surface area contributed by atoms with Crippen molar-refractivity contribution >= 4 is 27.3 Å². The van der Waals surface area contributed by atoms with E-state index in [2.05, 4.69) is 4.72 Å². The van der Waals surface area contributed by atoms with Crippen LogP contribution in [-0.2, 0) is 10.0 Å². The van der Waals surface area contributed by atoms with Gasteiger partial charge in [0.05, 0.1) is 16.0 Å². The van der Waals surface area contributed by atoms with E-state index in [9.17, 15) is 18.5 Å². The molecule has 0 bridgehead atoms. The van der Waals surface area contributed by atoms with Gasteiger partial charge in [0.2, 0.25) is 10.0 Å². The predicted molar refractivity (Wildman–Crippen MR) is 72.7 cm³/mol. The van der Waals surface area contributed by atoms with Crippen molar-refractivity contribution < 1.29 is 13.3 Å². The predicted octanol–water partition coefficient (Wildman–Crippen LogP) is 2.22. The van der Waals surface area contributed by atoms with Gasteiger partial charge in [-0.05, 0) is 19.4 Å². The van der Waals surface area contributed by atoms with Gasteiger partial charge in [-0.3, -0.25) is 10.1 Å². The topological polar surface area (TPSA) is 113 Å². The summed E-state index contributed by atoms with van der Waals surface area (Å²) < 4.78 is 26.6. The van der Waals surface area contributed by atoms with Gasteiger partial charge in [-0.25, -0.2) is 8.42 Å². The SMILES string of the molecule is CCC(C)(C#N)NS(=O)(=O)c1cc([N+](=O)[O-])ccc1Cl. The third kappa shape index (κ3) is 3.45. The van der Waals surface area contributed by atoms with E-state index in [1.54, 1.807) is 6.92 Å². The number of non-ortho nitro benzene ring substituents is 1. The van der Waals surface area contributed by atoms with Gasteiger partial charge in [-0.2, -0.15) is 9.98 Å². The molecule has 0 radical (unpaired) electrons. The summed E-state index contributed by atoms with van der Waals surface area (Å²) in [4.78, 5) is 9.53. The molecule has 20 heavy (non-hydrogen) atoms. The number of nitro benzene ring substituents is 1. The molecule has 1 aromatic rings. The second-order valence-electron chi connectivity index (χ2n) is 4.27. The molecular weight excluding hydrogens is 306 g/mol. The Morgan fingerprint density at radius 2 is 2.15 bits per heavy atom. The molecule has 0 aliphatic carbocycles. The van der Waals surface area contributed by atoms with Crippen LogP contribution in [0.4, 0.5) is 5.69 Å². The molecule has 7 nitrogen and oxygen atoms in total. The molecule has 0 saturated heterocycles. The third-order valence-corrected chi connectivity index (χ3v) is 4.81. The average molecular weight is 318 g/mol. The molecule has 0 aliphatic heterocycles. The Morgan fingerprint density at radius 3 is 2.60 bits per heavy atom. The Bertz CT molecular complexity index is 683. The molecule has 0 spiro atoms. The minimum atomic E-state index is -4.14. The van der Waals surface area contributed by atoms with Gasteiger partial charge in [0.15, 0.2) is 0 Å². The molecule has 1 N–H and O–H groups in total. The minimum absolute atomic E-state index is 0.153. The van der Waals surface area contributed by atoms with Crippen LogP contribution in [0.1, 0.15) is 20.3 Å². The van der Waals surface area contributed by atoms with E-state index in [4.69, 9.17) is 16.9 Å². The molecule has 1 rings (SSSR count). The van der Waals surface area contributed by atoms with E-state index in [1.807, 2.05) is 6.07 Å². The zero-order chi connectivity index (χ0) is 15.6. The zero-order valence-corrected chi connectivity index (χ0v) is 12.3. The number of benzene rings is 1. The Kier molecular flexibility index (Phi) is 4.70. The van der Waals surface area contributed by atoms with Crippen LogP contribution in [0.5, 0.6) is 0 Å². The molecular formula is C11H12ClN3O4S. The number of hydrogen-bond acceptors (Lipinski definition) is 5. The standard InChI is InChI=1S/C11H12ClN3O4S/c1-3-11(2,7-13)14-20(18,19)10-6-8(15(16)17)4-5-9(10)12/h4-6,14H,3H2,1-2H3. The molecule has 1 atom stereocenters. The molecule has 0 aliphatic rings. The van der Waals surface area contributed by atoms with Gasteiger partial charge >= 0.3 is 0 Å². The summed E-state index contributed by atoms with van der Waals surface area (Å²) in [5.74, 6) is 0. The normalized spacial score (nSPS) is 14.3. The lowest BCUT2D eigenvalue weighted by Gasteiger charge is -2.21. The van der Waals surface area contributed by atoms with E-state index in [0.717, 1.165) is 18.2 Å². The Morgan fingerprint density at radius 1 is 1.55 bits per heavy atom. The van der Waals surface area contributed by atoms with Gasteiger partial charge < -0.3 is 0 Å². The van der Waals surface area contributed by atoms with Crippen molar-refractivity contribution in [3.63, 3.8) is 0 Å². The van der Waals surface area contributed by atoms with Crippen molar-refractivity contribution in [2.24, 2.45) is 0 Å². The molecule has 0 heterocycles. The molecule has 108 valence electrons. The van der Waals surface area contributed by atoms with Crippen molar-refractivity contribution in [3.05, 3.63) is 33.3 Å². The first kappa shape index (κ1) is 16.4. The van der Waals surface area contributed by atoms with E-state index in [-0.39, 0.29) is 11.4 Å². The maximum Gasteiger partial charge on any atom is 0.270 e. The highest BCUT2D eigenvalue weighted by molar-refractivity contribution is 7.89. The number of rotatable bonds is 5. The summed E-state index contributed by atoms with van der Waals surface area (Å²) in [6, 6.07) is 4.93. The van der Waals surface area contributed by atoms with Crippen LogP contribution in [0.2, 0.25) is 5.02 Å². The van der Waals surface area contributed by atoms with Crippen LogP contribution >= 0.6 is 11.6 Å². The van der Waals surface area contributed by atoms with E-state index in [1.165, 1.54) is 6.92 Å². The molecule has 9 heteroatoms. The summed E-state index contributed by atoms with van der Waals surface area (Å²) in [6.45, 7) is 3.05. The maximum absolute atomic E-state index is 12.2. The minimum Gasteiger partial charge on any atom is -0.258 e. The lowest BCUT2D eigenvalue weighted by Crippen LogP contribution is -2.44. The van der Waals surface area contributed by atoms with Crippen LogP contribution in [0.25, 0.3) is 0 Å². The number of sulfonamides is 1. The highest BCUT2D eigenvalue weighted by atomic mass is 35.5. The van der Waals surface area contributed by atoms with Crippen LogP contribution < -0.4 is 4.72 Å². The van der Waals surface area contributed by atoms with Crippen molar-refractivity contribution in [1.82, 2.24) is 4.72 Å². The highest BCUT2D eigenvalue weighted by Gasteiger charge is 2.31. The fraction of sp³-hybridized carbons (Fsp3) is 0.364. The quantitative estimate of drug-likeness (QED) is 0.660. The van der Waals surface area contributed by atoms with Crippen LogP contribution in [-0.4, -0.2) is 18.9 Å². The summed E-state index contributed by atoms with van der Waals surface area (Å²) >= 11 is 5.78. The number of nitrogens with one attached hydrogen (secondary N) is 1. The van der Waals surface area contributed by atoms with E-state index < -0.39 is 31.1 Å². The van der Waals surface area contributed by atoms with Gasteiger partial charge in [0, 0.05) is 12.1 Å². The average Bonchev–Trinajstić information content (AvgIpc) is 2.38. The van der Waals surface area contributed by atoms with Gasteiger partial charge in [-0.1, -0.05) is 18.5 Å². The summed E-state index contributed by atoms with van der Waals surface area (Å²) in [5.41, 5.74) is -1.71. The van der Waals surface area contributed by atoms with Gasteiger partial charge in [-0.15, -0.1) is 0 Å². The van der Waals surface area contributed by atoms with Crippen molar-refractivity contribution in [1.29, 1.82) is 5.26 Å². The lowest BCUT2D eigenvalue weighted by atomic mass is 10.0. The van der Waals surface area contributed by atoms with E-state index in [0.29, 0.717) is 0 Å². The monoisotopic (exact) mass is 317 g/mol. The van der Waals surface area contributed by atoms with Crippen LogP contribution in [0.15, 0.2) is 23.1 Å². The first-order chi connectivity index (χ1) is 9.15. The number of nitriles is 1. The van der Waals surface area contributed by atoms with Gasteiger partial charge in [0.25, 0.3) is 5.69 Å².